The number of carbonyl (C=O) groups excluding carboxylic acids is 1. The number of hydrogen-bond acceptors (Lipinski definition) is 5. The second-order valence-corrected chi connectivity index (χ2v) is 11.3. The van der Waals surface area contributed by atoms with E-state index in [1.54, 1.807) is 18.2 Å². The summed E-state index contributed by atoms with van der Waals surface area (Å²) in [6.45, 7) is 16.9. The summed E-state index contributed by atoms with van der Waals surface area (Å²) in [5, 5.41) is 11.4. The molecule has 0 fully saturated rings. The lowest BCUT2D eigenvalue weighted by atomic mass is 10.0. The fourth-order valence-corrected chi connectivity index (χ4v) is 6.32. The molecule has 0 saturated carbocycles. The van der Waals surface area contributed by atoms with E-state index in [9.17, 15) is 14.7 Å². The van der Waals surface area contributed by atoms with Gasteiger partial charge in [0.15, 0.2) is 0 Å². The number of carbonyl (C=O) groups is 2. The number of hydrogen-bond donors (Lipinski definition) is 1. The lowest BCUT2D eigenvalue weighted by Crippen LogP contribution is -2.27. The van der Waals surface area contributed by atoms with Gasteiger partial charge in [-0.2, -0.15) is 0 Å². The number of fused-ring (bicyclic) bond motifs is 6. The third-order valence-electron chi connectivity index (χ3n) is 8.33. The molecule has 0 bridgehead atoms. The second kappa shape index (κ2) is 12.9. The molecule has 8 nitrogen and oxygen atoms in total. The number of carboxylic acids is 1. The highest BCUT2D eigenvalue weighted by Gasteiger charge is 2.24. The summed E-state index contributed by atoms with van der Waals surface area (Å²) in [6, 6.07) is 11.2. The first-order chi connectivity index (χ1) is 20.8. The molecule has 43 heavy (non-hydrogen) atoms. The molecule has 4 heterocycles. The van der Waals surface area contributed by atoms with Crippen LogP contribution in [0.15, 0.2) is 74.4 Å². The van der Waals surface area contributed by atoms with Crippen LogP contribution >= 0.6 is 0 Å². The van der Waals surface area contributed by atoms with Crippen molar-refractivity contribution in [3.05, 3.63) is 108 Å². The van der Waals surface area contributed by atoms with E-state index in [1.165, 1.54) is 22.5 Å². The van der Waals surface area contributed by atoms with Crippen LogP contribution < -0.4 is 0 Å². The average Bonchev–Trinajstić information content (AvgIpc) is 3.47. The minimum absolute atomic E-state index is 0.231. The maximum Gasteiger partial charge on any atom is 0.338 e. The van der Waals surface area contributed by atoms with Crippen LogP contribution in [0.25, 0.3) is 21.8 Å². The van der Waals surface area contributed by atoms with E-state index >= 15 is 0 Å². The molecular formula is C35H40N4O4. The van der Waals surface area contributed by atoms with Crippen molar-refractivity contribution in [2.75, 3.05) is 33.8 Å². The summed E-state index contributed by atoms with van der Waals surface area (Å²) in [7, 11) is 4.22. The van der Waals surface area contributed by atoms with Crippen molar-refractivity contribution in [2.24, 2.45) is 0 Å². The van der Waals surface area contributed by atoms with Crippen molar-refractivity contribution in [3.8, 4) is 0 Å². The summed E-state index contributed by atoms with van der Waals surface area (Å²) in [5.41, 5.74) is 8.46. The summed E-state index contributed by atoms with van der Waals surface area (Å²) in [6.07, 6.45) is 7.41. The fourth-order valence-electron chi connectivity index (χ4n) is 6.32. The fraction of sp³-hybridized carbons (Fsp3) is 0.314. The number of carboxylic acid groups (broad SMARTS) is 1. The highest BCUT2D eigenvalue weighted by Crippen LogP contribution is 2.33. The van der Waals surface area contributed by atoms with Crippen LogP contribution in [0.1, 0.15) is 43.2 Å². The van der Waals surface area contributed by atoms with Crippen LogP contribution in [-0.2, 0) is 43.8 Å². The number of aromatic carboxylic acids is 1. The van der Waals surface area contributed by atoms with Gasteiger partial charge in [0.05, 0.1) is 11.1 Å². The highest BCUT2D eigenvalue weighted by atomic mass is 16.5. The van der Waals surface area contributed by atoms with E-state index in [0.717, 1.165) is 73.9 Å². The van der Waals surface area contributed by atoms with Crippen LogP contribution in [0.5, 0.6) is 0 Å². The van der Waals surface area contributed by atoms with Crippen LogP contribution in [0.2, 0.25) is 0 Å². The van der Waals surface area contributed by atoms with Crippen molar-refractivity contribution in [2.45, 2.75) is 39.0 Å². The molecule has 2 aliphatic rings. The summed E-state index contributed by atoms with van der Waals surface area (Å²) >= 11 is 0. The Balaban J connectivity index is 0.000000173. The lowest BCUT2D eigenvalue weighted by Gasteiger charge is -2.24. The minimum Gasteiger partial charge on any atom is -0.478 e. The van der Waals surface area contributed by atoms with E-state index in [2.05, 4.69) is 52.8 Å². The van der Waals surface area contributed by atoms with Crippen molar-refractivity contribution in [1.82, 2.24) is 18.9 Å². The topological polar surface area (TPSA) is 79.9 Å². The van der Waals surface area contributed by atoms with Gasteiger partial charge in [-0.15, -0.1) is 13.2 Å². The SMILES string of the molecule is C=CCOC(=O)c1ccc2c(c1)c1c(n2CC=C)CCN(C)C1.C=CCn1c2c(c3cc(C(=O)O)ccc31)CN(C)CC2. The molecule has 2 aromatic carbocycles. The molecule has 1 N–H and O–H groups in total. The summed E-state index contributed by atoms with van der Waals surface area (Å²) < 4.78 is 9.72. The maximum absolute atomic E-state index is 12.1. The van der Waals surface area contributed by atoms with Gasteiger partial charge in [-0.1, -0.05) is 24.8 Å². The van der Waals surface area contributed by atoms with Gasteiger partial charge in [0.1, 0.15) is 6.61 Å². The van der Waals surface area contributed by atoms with Crippen LogP contribution in [0.4, 0.5) is 0 Å². The summed E-state index contributed by atoms with van der Waals surface area (Å²) in [4.78, 5) is 27.9. The molecule has 6 rings (SSSR count). The van der Waals surface area contributed by atoms with Crippen molar-refractivity contribution in [1.29, 1.82) is 0 Å². The Morgan fingerprint density at radius 2 is 1.28 bits per heavy atom. The molecule has 0 atom stereocenters. The van der Waals surface area contributed by atoms with Crippen LogP contribution in [0.3, 0.4) is 0 Å². The highest BCUT2D eigenvalue weighted by molar-refractivity contribution is 5.97. The second-order valence-electron chi connectivity index (χ2n) is 11.3. The molecule has 2 aromatic heterocycles. The third-order valence-corrected chi connectivity index (χ3v) is 8.33. The van der Waals surface area contributed by atoms with Crippen molar-refractivity contribution < 1.29 is 19.4 Å². The van der Waals surface area contributed by atoms with Gasteiger partial charge in [-0.25, -0.2) is 9.59 Å². The smallest absolute Gasteiger partial charge is 0.338 e. The Hall–Kier alpha value is -4.40. The quantitative estimate of drug-likeness (QED) is 0.214. The average molecular weight is 581 g/mol. The number of nitrogens with zero attached hydrogens (tertiary/aromatic N) is 4. The third kappa shape index (κ3) is 5.94. The number of benzene rings is 2. The lowest BCUT2D eigenvalue weighted by molar-refractivity contribution is 0.0549. The van der Waals surface area contributed by atoms with Crippen molar-refractivity contribution >= 4 is 33.7 Å². The number of likely N-dealkylation sites (N-methyl/N-ethyl adjacent to an activating group) is 2. The molecule has 8 heteroatoms. The zero-order valence-corrected chi connectivity index (χ0v) is 25.1. The first-order valence-corrected chi connectivity index (χ1v) is 14.7. The molecule has 0 amide bonds. The van der Waals surface area contributed by atoms with Gasteiger partial charge in [-0.3, -0.25) is 0 Å². The van der Waals surface area contributed by atoms with E-state index in [1.807, 2.05) is 36.4 Å². The monoisotopic (exact) mass is 580 g/mol. The zero-order valence-electron chi connectivity index (χ0n) is 25.1. The first-order valence-electron chi connectivity index (χ1n) is 14.7. The Kier molecular flexibility index (Phi) is 8.99. The predicted molar refractivity (Wildman–Crippen MR) is 172 cm³/mol. The molecule has 0 aliphatic carbocycles. The van der Waals surface area contributed by atoms with Crippen LogP contribution in [-0.4, -0.2) is 69.8 Å². The van der Waals surface area contributed by atoms with E-state index in [0.29, 0.717) is 11.1 Å². The molecule has 2 aliphatic heterocycles. The van der Waals surface area contributed by atoms with Gasteiger partial charge in [-0.05, 0) is 61.6 Å². The standard InChI is InChI=1S/C19H22N2O2.C16H18N2O2/c1-4-9-21-17-7-6-14(19(22)23-11-5-2)12-15(17)16-13-20(3)10-8-18(16)21;1-3-7-18-14-5-4-11(16(19)20)9-12(14)13-10-17(2)8-6-15(13)18/h4-7,12H,1-2,8-11,13H2,3H3;3-5,9H,1,6-8,10H2,2H3,(H,19,20). The molecular weight excluding hydrogens is 540 g/mol. The predicted octanol–water partition coefficient (Wildman–Crippen LogP) is 5.67. The molecule has 0 radical (unpaired) electrons. The number of allylic oxidation sites excluding steroid dienone is 2. The van der Waals surface area contributed by atoms with Crippen LogP contribution in [0, 0.1) is 0 Å². The number of esters is 1. The zero-order chi connectivity index (χ0) is 30.7. The van der Waals surface area contributed by atoms with Crippen molar-refractivity contribution in [3.63, 3.8) is 0 Å². The normalized spacial score (nSPS) is 14.8. The van der Waals surface area contributed by atoms with Gasteiger partial charge in [0, 0.05) is 85.3 Å². The van der Waals surface area contributed by atoms with Gasteiger partial charge in [0.25, 0.3) is 0 Å². The number of ether oxygens (including phenoxy) is 1. The van der Waals surface area contributed by atoms with Gasteiger partial charge < -0.3 is 28.8 Å². The molecule has 224 valence electrons. The Morgan fingerprint density at radius 3 is 1.74 bits per heavy atom. The number of rotatable bonds is 8. The largest absolute Gasteiger partial charge is 0.478 e. The Labute approximate surface area is 252 Å². The Morgan fingerprint density at radius 1 is 0.791 bits per heavy atom. The molecule has 0 saturated heterocycles. The summed E-state index contributed by atoms with van der Waals surface area (Å²) in [5.74, 6) is -1.18. The first kappa shape index (κ1) is 30.1. The maximum atomic E-state index is 12.1. The molecule has 0 spiro atoms. The van der Waals surface area contributed by atoms with E-state index in [-0.39, 0.29) is 12.6 Å². The van der Waals surface area contributed by atoms with E-state index in [4.69, 9.17) is 4.74 Å². The Bertz CT molecular complexity index is 1730. The molecule has 0 unspecified atom stereocenters. The number of aromatic nitrogens is 2. The minimum atomic E-state index is -0.874. The molecule has 4 aromatic rings. The van der Waals surface area contributed by atoms with E-state index < -0.39 is 5.97 Å². The van der Waals surface area contributed by atoms with Gasteiger partial charge >= 0.3 is 11.9 Å². The van der Waals surface area contributed by atoms with Gasteiger partial charge in [0.2, 0.25) is 0 Å².